The van der Waals surface area contributed by atoms with Gasteiger partial charge in [0.25, 0.3) is 0 Å². The first kappa shape index (κ1) is 11.8. The van der Waals surface area contributed by atoms with Crippen LogP contribution in [0.15, 0.2) is 23.8 Å². The molecule has 0 radical (unpaired) electrons. The highest BCUT2D eigenvalue weighted by atomic mass is 16.2. The van der Waals surface area contributed by atoms with Crippen LogP contribution < -0.4 is 5.73 Å². The summed E-state index contributed by atoms with van der Waals surface area (Å²) in [6.07, 6.45) is 0.658. The molecule has 3 N–H and O–H groups in total. The highest BCUT2D eigenvalue weighted by Crippen LogP contribution is 2.27. The average molecular weight is 205 g/mol. The number of hydrogen-bond donors (Lipinski definition) is 2. The van der Waals surface area contributed by atoms with E-state index in [1.54, 1.807) is 0 Å². The second-order valence-corrected chi connectivity index (χ2v) is 3.98. The lowest BCUT2D eigenvalue weighted by Crippen LogP contribution is -2.01. The van der Waals surface area contributed by atoms with E-state index in [0.717, 1.165) is 16.8 Å². The van der Waals surface area contributed by atoms with Crippen molar-refractivity contribution >= 4 is 11.3 Å². The monoisotopic (exact) mass is 205 g/mol. The van der Waals surface area contributed by atoms with Gasteiger partial charge in [0.15, 0.2) is 0 Å². The summed E-state index contributed by atoms with van der Waals surface area (Å²) in [5.74, 6) is 0. The first-order chi connectivity index (χ1) is 7.07. The molecule has 0 aliphatic rings. The van der Waals surface area contributed by atoms with Gasteiger partial charge in [-0.3, -0.25) is 0 Å². The summed E-state index contributed by atoms with van der Waals surface area (Å²) in [5, 5.41) is 9.00. The molecule has 0 aromatic heterocycles. The average Bonchev–Trinajstić information content (AvgIpc) is 2.17. The van der Waals surface area contributed by atoms with Crippen LogP contribution in [0.1, 0.15) is 31.9 Å². The fourth-order valence-corrected chi connectivity index (χ4v) is 1.66. The van der Waals surface area contributed by atoms with E-state index in [1.165, 1.54) is 11.1 Å². The molecule has 0 saturated heterocycles. The number of nitrogens with two attached hydrogens (primary N) is 1. The number of aliphatic hydroxyl groups is 1. The van der Waals surface area contributed by atoms with Gasteiger partial charge in [-0.2, -0.15) is 0 Å². The molecule has 0 spiro atoms. The summed E-state index contributed by atoms with van der Waals surface area (Å²) in [5.41, 5.74) is 11.4. The Morgan fingerprint density at radius 2 is 1.93 bits per heavy atom. The van der Waals surface area contributed by atoms with Crippen LogP contribution in [0.4, 0.5) is 5.69 Å². The van der Waals surface area contributed by atoms with Crippen LogP contribution in [0.2, 0.25) is 0 Å². The quantitative estimate of drug-likeness (QED) is 0.745. The third-order valence-electron chi connectivity index (χ3n) is 2.69. The molecule has 82 valence electrons. The predicted molar refractivity (Wildman–Crippen MR) is 65.6 cm³/mol. The fourth-order valence-electron chi connectivity index (χ4n) is 1.66. The van der Waals surface area contributed by atoms with Crippen molar-refractivity contribution < 1.29 is 5.11 Å². The molecule has 15 heavy (non-hydrogen) atoms. The van der Waals surface area contributed by atoms with Gasteiger partial charge in [0.1, 0.15) is 0 Å². The van der Waals surface area contributed by atoms with Gasteiger partial charge in [0.2, 0.25) is 0 Å². The van der Waals surface area contributed by atoms with Gasteiger partial charge >= 0.3 is 0 Å². The number of allylic oxidation sites excluding steroid dienone is 2. The highest BCUT2D eigenvalue weighted by Gasteiger charge is 2.08. The van der Waals surface area contributed by atoms with Crippen LogP contribution >= 0.6 is 0 Å². The third kappa shape index (κ3) is 2.60. The van der Waals surface area contributed by atoms with Crippen molar-refractivity contribution in [2.45, 2.75) is 27.2 Å². The van der Waals surface area contributed by atoms with Crippen LogP contribution in [0.3, 0.4) is 0 Å². The van der Waals surface area contributed by atoms with Gasteiger partial charge in [-0.25, -0.2) is 0 Å². The summed E-state index contributed by atoms with van der Waals surface area (Å²) in [6.45, 7) is 6.38. The minimum Gasteiger partial charge on any atom is -0.398 e. The molecule has 0 unspecified atom stereocenters. The Kier molecular flexibility index (Phi) is 3.92. The molecule has 2 heteroatoms. The lowest BCUT2D eigenvalue weighted by Gasteiger charge is -2.13. The second kappa shape index (κ2) is 4.99. The van der Waals surface area contributed by atoms with Crippen LogP contribution in [-0.4, -0.2) is 11.7 Å². The third-order valence-corrected chi connectivity index (χ3v) is 2.69. The van der Waals surface area contributed by atoms with Crippen molar-refractivity contribution in [2.75, 3.05) is 12.3 Å². The molecule has 2 nitrogen and oxygen atoms in total. The molecule has 0 bridgehead atoms. The summed E-state index contributed by atoms with van der Waals surface area (Å²) >= 11 is 0. The van der Waals surface area contributed by atoms with E-state index < -0.39 is 0 Å². The van der Waals surface area contributed by atoms with E-state index >= 15 is 0 Å². The Morgan fingerprint density at radius 3 is 2.47 bits per heavy atom. The Balaban J connectivity index is 3.31. The smallest absolute Gasteiger partial charge is 0.0471 e. The first-order valence-electron chi connectivity index (χ1n) is 5.20. The largest absolute Gasteiger partial charge is 0.398 e. The Morgan fingerprint density at radius 1 is 1.27 bits per heavy atom. The predicted octanol–water partition coefficient (Wildman–Crippen LogP) is 2.62. The van der Waals surface area contributed by atoms with Crippen molar-refractivity contribution in [3.05, 3.63) is 34.9 Å². The molecule has 0 atom stereocenters. The summed E-state index contributed by atoms with van der Waals surface area (Å²) in [4.78, 5) is 0. The number of nitrogen functional groups attached to an aromatic ring is 1. The molecule has 0 aliphatic carbocycles. The maximum absolute atomic E-state index is 9.00. The van der Waals surface area contributed by atoms with Gasteiger partial charge in [-0.15, -0.1) is 0 Å². The van der Waals surface area contributed by atoms with Crippen LogP contribution in [0.5, 0.6) is 0 Å². The van der Waals surface area contributed by atoms with E-state index in [2.05, 4.69) is 20.8 Å². The maximum Gasteiger partial charge on any atom is 0.0471 e. The van der Waals surface area contributed by atoms with Crippen LogP contribution in [-0.2, 0) is 6.42 Å². The summed E-state index contributed by atoms with van der Waals surface area (Å²) < 4.78 is 0. The van der Waals surface area contributed by atoms with Gasteiger partial charge in [-0.05, 0) is 44.4 Å². The zero-order chi connectivity index (χ0) is 11.4. The number of anilines is 1. The zero-order valence-corrected chi connectivity index (χ0v) is 9.67. The summed E-state index contributed by atoms with van der Waals surface area (Å²) in [6, 6.07) is 5.86. The normalized spacial score (nSPS) is 10.1. The van der Waals surface area contributed by atoms with Crippen molar-refractivity contribution in [3.63, 3.8) is 0 Å². The Labute approximate surface area is 91.4 Å². The van der Waals surface area contributed by atoms with Crippen LogP contribution in [0, 0.1) is 0 Å². The highest BCUT2D eigenvalue weighted by molar-refractivity contribution is 5.77. The van der Waals surface area contributed by atoms with E-state index in [4.69, 9.17) is 10.8 Å². The van der Waals surface area contributed by atoms with Gasteiger partial charge in [-0.1, -0.05) is 17.7 Å². The first-order valence-corrected chi connectivity index (χ1v) is 5.20. The zero-order valence-electron chi connectivity index (χ0n) is 9.67. The van der Waals surface area contributed by atoms with E-state index in [0.29, 0.717) is 6.42 Å². The van der Waals surface area contributed by atoms with E-state index in [-0.39, 0.29) is 6.61 Å². The molecule has 0 amide bonds. The van der Waals surface area contributed by atoms with Crippen molar-refractivity contribution in [2.24, 2.45) is 0 Å². The van der Waals surface area contributed by atoms with Crippen molar-refractivity contribution in [1.82, 2.24) is 0 Å². The lowest BCUT2D eigenvalue weighted by molar-refractivity contribution is 0.299. The topological polar surface area (TPSA) is 46.2 Å². The van der Waals surface area contributed by atoms with Gasteiger partial charge in [0, 0.05) is 17.9 Å². The molecular weight excluding hydrogens is 186 g/mol. The van der Waals surface area contributed by atoms with E-state index in [9.17, 15) is 0 Å². The van der Waals surface area contributed by atoms with Crippen LogP contribution in [0.25, 0.3) is 5.57 Å². The number of aliphatic hydroxyl groups excluding tert-OH is 1. The number of benzene rings is 1. The number of rotatable bonds is 3. The minimum absolute atomic E-state index is 0.159. The molecule has 1 aromatic rings. The Hall–Kier alpha value is -1.28. The molecule has 0 fully saturated rings. The fraction of sp³-hybridized carbons (Fsp3) is 0.385. The lowest BCUT2D eigenvalue weighted by atomic mass is 9.94. The SMILES string of the molecule is CC(C)=C(C)c1c(N)cccc1CCO. The van der Waals surface area contributed by atoms with Gasteiger partial charge < -0.3 is 10.8 Å². The standard InChI is InChI=1S/C13H19NO/c1-9(2)10(3)13-11(7-8-15)5-4-6-12(13)14/h4-6,15H,7-8,14H2,1-3H3. The molecule has 1 aromatic carbocycles. The van der Waals surface area contributed by atoms with Crippen molar-refractivity contribution in [3.8, 4) is 0 Å². The molecule has 0 saturated carbocycles. The Bertz CT molecular complexity index is 376. The molecule has 0 aliphatic heterocycles. The minimum atomic E-state index is 0.159. The molecule has 0 heterocycles. The molecule has 1 rings (SSSR count). The van der Waals surface area contributed by atoms with Crippen molar-refractivity contribution in [1.29, 1.82) is 0 Å². The summed E-state index contributed by atoms with van der Waals surface area (Å²) in [7, 11) is 0. The van der Waals surface area contributed by atoms with Gasteiger partial charge in [0.05, 0.1) is 0 Å². The van der Waals surface area contributed by atoms with E-state index in [1.807, 2.05) is 18.2 Å². The molecular formula is C13H19NO. The maximum atomic E-state index is 9.00. The number of hydrogen-bond acceptors (Lipinski definition) is 2. The second-order valence-electron chi connectivity index (χ2n) is 3.98.